The number of likely N-dealkylation sites (tertiary alicyclic amines) is 1. The lowest BCUT2D eigenvalue weighted by molar-refractivity contribution is -0.143. The molecule has 3 aromatic carbocycles. The van der Waals surface area contributed by atoms with Crippen molar-refractivity contribution in [2.24, 2.45) is 0 Å². The number of halogens is 6. The van der Waals surface area contributed by atoms with E-state index in [0.29, 0.717) is 38.1 Å². The number of nitrogens with zero attached hydrogens (tertiary/aromatic N) is 1. The first-order valence-electron chi connectivity index (χ1n) is 12.9. The first kappa shape index (κ1) is 31.5. The van der Waals surface area contributed by atoms with Gasteiger partial charge in [-0.1, -0.05) is 48.5 Å². The maximum absolute atomic E-state index is 13.3. The van der Waals surface area contributed by atoms with Crippen molar-refractivity contribution in [3.8, 4) is 0 Å². The summed E-state index contributed by atoms with van der Waals surface area (Å²) < 4.78 is 112. The van der Waals surface area contributed by atoms with Crippen LogP contribution in [0.2, 0.25) is 0 Å². The number of amides is 1. The zero-order valence-corrected chi connectivity index (χ0v) is 23.0. The molecule has 0 radical (unpaired) electrons. The summed E-state index contributed by atoms with van der Waals surface area (Å²) in [6, 6.07) is 18.0. The van der Waals surface area contributed by atoms with Crippen molar-refractivity contribution in [1.82, 2.24) is 9.62 Å². The molecule has 13 heteroatoms. The predicted octanol–water partition coefficient (Wildman–Crippen LogP) is 5.78. The van der Waals surface area contributed by atoms with Crippen LogP contribution in [-0.2, 0) is 43.9 Å². The number of ether oxygens (including phenoxy) is 1. The van der Waals surface area contributed by atoms with E-state index in [2.05, 4.69) is 4.72 Å². The molecule has 0 atom stereocenters. The molecule has 1 heterocycles. The van der Waals surface area contributed by atoms with Crippen LogP contribution in [0, 0.1) is 0 Å². The fraction of sp³-hybridized carbons (Fsp3) is 0.345. The van der Waals surface area contributed by atoms with Crippen molar-refractivity contribution in [1.29, 1.82) is 0 Å². The maximum atomic E-state index is 13.3. The average molecular weight is 615 g/mol. The van der Waals surface area contributed by atoms with Gasteiger partial charge in [0.15, 0.2) is 0 Å². The van der Waals surface area contributed by atoms with Crippen molar-refractivity contribution in [2.75, 3.05) is 26.2 Å². The minimum Gasteiger partial charge on any atom is -0.376 e. The molecule has 0 aliphatic carbocycles. The van der Waals surface area contributed by atoms with Crippen LogP contribution in [-0.4, -0.2) is 45.5 Å². The molecule has 1 aliphatic rings. The maximum Gasteiger partial charge on any atom is 0.416 e. The van der Waals surface area contributed by atoms with Gasteiger partial charge < -0.3 is 4.74 Å². The summed E-state index contributed by atoms with van der Waals surface area (Å²) in [6.45, 7) is 0.113. The van der Waals surface area contributed by atoms with Crippen molar-refractivity contribution < 1.29 is 44.3 Å². The number of hydrogen-bond donors (Lipinski definition) is 1. The van der Waals surface area contributed by atoms with Crippen LogP contribution in [0.3, 0.4) is 0 Å². The molecule has 226 valence electrons. The highest BCUT2D eigenvalue weighted by Gasteiger charge is 2.39. The number of alkyl halides is 6. The van der Waals surface area contributed by atoms with Gasteiger partial charge in [0, 0.05) is 5.41 Å². The molecule has 1 aliphatic heterocycles. The fourth-order valence-corrected chi connectivity index (χ4v) is 5.96. The molecule has 1 amide bonds. The van der Waals surface area contributed by atoms with Gasteiger partial charge in [0.2, 0.25) is 5.91 Å². The van der Waals surface area contributed by atoms with E-state index in [1.807, 2.05) is 30.3 Å². The average Bonchev–Trinajstić information content (AvgIpc) is 2.94. The number of nitrogens with one attached hydrogen (secondary N) is 1. The topological polar surface area (TPSA) is 75.7 Å². The molecular formula is C29H28F6N2O4S. The molecule has 42 heavy (non-hydrogen) atoms. The lowest BCUT2D eigenvalue weighted by Gasteiger charge is -2.42. The van der Waals surface area contributed by atoms with E-state index < -0.39 is 51.4 Å². The summed E-state index contributed by atoms with van der Waals surface area (Å²) in [7, 11) is -4.03. The molecule has 4 rings (SSSR count). The van der Waals surface area contributed by atoms with Crippen molar-refractivity contribution >= 4 is 15.9 Å². The molecule has 0 bridgehead atoms. The molecule has 0 aromatic heterocycles. The van der Waals surface area contributed by atoms with Crippen LogP contribution < -0.4 is 4.72 Å². The fourth-order valence-electron chi connectivity index (χ4n) is 4.96. The third-order valence-corrected chi connectivity index (χ3v) is 8.55. The van der Waals surface area contributed by atoms with Crippen LogP contribution in [0.4, 0.5) is 26.3 Å². The first-order chi connectivity index (χ1) is 19.7. The van der Waals surface area contributed by atoms with Crippen LogP contribution in [0.25, 0.3) is 0 Å². The standard InChI is InChI=1S/C29H28F6N2O4S/c30-28(31,32)23-15-21(16-24(17-23)29(33,34)35)19-41-20-27(22-7-3-1-4-8-22)11-13-37(14-12-27)18-26(38)36-42(39,40)25-9-5-2-6-10-25/h1-10,15-17H,11-14,18-20H2,(H,36,38). The minimum atomic E-state index is -4.96. The van der Waals surface area contributed by atoms with E-state index in [1.165, 1.54) is 24.3 Å². The molecule has 1 fully saturated rings. The second kappa shape index (κ2) is 12.4. The Morgan fingerprint density at radius 2 is 1.36 bits per heavy atom. The van der Waals surface area contributed by atoms with E-state index in [4.69, 9.17) is 4.74 Å². The monoisotopic (exact) mass is 614 g/mol. The van der Waals surface area contributed by atoms with E-state index in [-0.39, 0.29) is 29.7 Å². The summed E-state index contributed by atoms with van der Waals surface area (Å²) in [6.07, 6.45) is -9.01. The van der Waals surface area contributed by atoms with Crippen molar-refractivity contribution in [3.05, 3.63) is 101 Å². The largest absolute Gasteiger partial charge is 0.416 e. The quantitative estimate of drug-likeness (QED) is 0.310. The zero-order chi connectivity index (χ0) is 30.6. The Hall–Kier alpha value is -3.42. The number of piperidine rings is 1. The van der Waals surface area contributed by atoms with E-state index >= 15 is 0 Å². The highest BCUT2D eigenvalue weighted by atomic mass is 32.2. The molecule has 0 unspecified atom stereocenters. The Morgan fingerprint density at radius 1 is 0.833 bits per heavy atom. The van der Waals surface area contributed by atoms with E-state index in [1.54, 1.807) is 11.0 Å². The molecular weight excluding hydrogens is 586 g/mol. The summed E-state index contributed by atoms with van der Waals surface area (Å²) in [5.41, 5.74) is -2.82. The van der Waals surface area contributed by atoms with Gasteiger partial charge in [-0.2, -0.15) is 26.3 Å². The molecule has 1 N–H and O–H groups in total. The number of hydrogen-bond acceptors (Lipinski definition) is 5. The van der Waals surface area contributed by atoms with Gasteiger partial charge in [0.25, 0.3) is 10.0 Å². The number of carbonyl (C=O) groups excluding carboxylic acids is 1. The van der Waals surface area contributed by atoms with Gasteiger partial charge in [0.05, 0.1) is 35.8 Å². The minimum absolute atomic E-state index is 0.0109. The Balaban J connectivity index is 1.43. The highest BCUT2D eigenvalue weighted by Crippen LogP contribution is 2.38. The Bertz CT molecular complexity index is 1440. The van der Waals surface area contributed by atoms with Crippen molar-refractivity contribution in [2.45, 2.75) is 42.1 Å². The second-order valence-corrected chi connectivity index (χ2v) is 11.9. The lowest BCUT2D eigenvalue weighted by Crippen LogP contribution is -2.48. The van der Waals surface area contributed by atoms with Gasteiger partial charge in [-0.3, -0.25) is 9.69 Å². The Morgan fingerprint density at radius 3 is 1.88 bits per heavy atom. The zero-order valence-electron chi connectivity index (χ0n) is 22.2. The molecule has 0 spiro atoms. The first-order valence-corrected chi connectivity index (χ1v) is 14.4. The third-order valence-electron chi connectivity index (χ3n) is 7.16. The lowest BCUT2D eigenvalue weighted by atomic mass is 9.73. The van der Waals surface area contributed by atoms with E-state index in [0.717, 1.165) is 5.56 Å². The summed E-state index contributed by atoms with van der Waals surface area (Å²) in [5, 5.41) is 0. The smallest absolute Gasteiger partial charge is 0.376 e. The van der Waals surface area contributed by atoms with E-state index in [9.17, 15) is 39.6 Å². The molecule has 0 saturated carbocycles. The van der Waals surface area contributed by atoms with Gasteiger partial charge in [-0.05, 0) is 67.4 Å². The SMILES string of the molecule is O=C(CN1CCC(COCc2cc(C(F)(F)F)cc(C(F)(F)F)c2)(c2ccccc2)CC1)NS(=O)(=O)c1ccccc1. The Labute approximate surface area is 239 Å². The van der Waals surface area contributed by atoms with Crippen LogP contribution in [0.15, 0.2) is 83.8 Å². The van der Waals surface area contributed by atoms with Crippen LogP contribution >= 0.6 is 0 Å². The molecule has 3 aromatic rings. The molecule has 6 nitrogen and oxygen atoms in total. The highest BCUT2D eigenvalue weighted by molar-refractivity contribution is 7.90. The summed E-state index contributed by atoms with van der Waals surface area (Å²) >= 11 is 0. The Kier molecular flexibility index (Phi) is 9.33. The number of benzene rings is 3. The van der Waals surface area contributed by atoms with Gasteiger partial charge >= 0.3 is 12.4 Å². The van der Waals surface area contributed by atoms with Crippen LogP contribution in [0.5, 0.6) is 0 Å². The third kappa shape index (κ3) is 7.90. The van der Waals surface area contributed by atoms with Crippen molar-refractivity contribution in [3.63, 3.8) is 0 Å². The van der Waals surface area contributed by atoms with Gasteiger partial charge in [0.1, 0.15) is 0 Å². The normalized spacial score (nSPS) is 16.2. The molecule has 1 saturated heterocycles. The summed E-state index contributed by atoms with van der Waals surface area (Å²) in [5.74, 6) is -0.702. The number of carbonyl (C=O) groups is 1. The van der Waals surface area contributed by atoms with Crippen LogP contribution in [0.1, 0.15) is 35.1 Å². The number of rotatable bonds is 9. The van der Waals surface area contributed by atoms with Gasteiger partial charge in [-0.25, -0.2) is 13.1 Å². The van der Waals surface area contributed by atoms with Gasteiger partial charge in [-0.15, -0.1) is 0 Å². The summed E-state index contributed by atoms with van der Waals surface area (Å²) in [4.78, 5) is 14.3. The number of sulfonamides is 1. The predicted molar refractivity (Wildman–Crippen MR) is 142 cm³/mol. The second-order valence-electron chi connectivity index (χ2n) is 10.2.